The van der Waals surface area contributed by atoms with E-state index < -0.39 is 59.6 Å². The molecule has 3 aliphatic rings. The number of benzene rings is 1. The van der Waals surface area contributed by atoms with E-state index in [9.17, 15) is 24.0 Å². The fourth-order valence-corrected chi connectivity index (χ4v) is 4.30. The van der Waals surface area contributed by atoms with Crippen LogP contribution in [0.4, 0.5) is 5.69 Å². The smallest absolute Gasteiger partial charge is 0.308 e. The Bertz CT molecular complexity index is 998. The van der Waals surface area contributed by atoms with Gasteiger partial charge in [0.2, 0.25) is 11.8 Å². The van der Waals surface area contributed by atoms with Gasteiger partial charge in [0.1, 0.15) is 5.75 Å². The molecule has 2 amide bonds. The number of hydrogen-bond acceptors (Lipinski definition) is 9. The first-order valence-corrected chi connectivity index (χ1v) is 9.52. The molecule has 3 heterocycles. The zero-order valence-corrected chi connectivity index (χ0v) is 16.9. The molecule has 1 aromatic rings. The Hall–Kier alpha value is -3.53. The van der Waals surface area contributed by atoms with Gasteiger partial charge in [-0.1, -0.05) is 6.08 Å². The molecule has 0 aliphatic carbocycles. The van der Waals surface area contributed by atoms with Crippen molar-refractivity contribution in [2.75, 3.05) is 4.90 Å². The molecule has 162 valence electrons. The lowest BCUT2D eigenvalue weighted by Gasteiger charge is -2.34. The second-order valence-electron chi connectivity index (χ2n) is 7.45. The van der Waals surface area contributed by atoms with Crippen molar-refractivity contribution in [2.45, 2.75) is 38.8 Å². The number of imide groups is 1. The summed E-state index contributed by atoms with van der Waals surface area (Å²) in [4.78, 5) is 61.8. The SMILES string of the molecule is CC(=O)Oc1ccc(N2C(=O)[C@@H]3[C@@H](C2=O)[C@@]2(C(OC(C)=O)OC(C)=O)C=C[C@H]3O2)cc1. The Morgan fingerprint density at radius 2 is 1.58 bits per heavy atom. The molecule has 0 aromatic heterocycles. The van der Waals surface area contributed by atoms with E-state index in [1.165, 1.54) is 37.3 Å². The third kappa shape index (κ3) is 3.28. The molecule has 2 fully saturated rings. The second-order valence-corrected chi connectivity index (χ2v) is 7.45. The average molecular weight is 429 g/mol. The summed E-state index contributed by atoms with van der Waals surface area (Å²) in [5.41, 5.74) is -1.32. The van der Waals surface area contributed by atoms with Gasteiger partial charge in [0, 0.05) is 20.8 Å². The molecule has 4 atom stereocenters. The van der Waals surface area contributed by atoms with Gasteiger partial charge in [-0.25, -0.2) is 4.90 Å². The maximum absolute atomic E-state index is 13.4. The quantitative estimate of drug-likeness (QED) is 0.220. The Morgan fingerprint density at radius 1 is 0.968 bits per heavy atom. The molecule has 10 nitrogen and oxygen atoms in total. The van der Waals surface area contributed by atoms with E-state index in [4.69, 9.17) is 18.9 Å². The zero-order chi connectivity index (χ0) is 22.5. The Labute approximate surface area is 176 Å². The summed E-state index contributed by atoms with van der Waals surface area (Å²) in [6, 6.07) is 5.89. The summed E-state index contributed by atoms with van der Waals surface area (Å²) in [5.74, 6) is -4.69. The number of carbonyl (C=O) groups excluding carboxylic acids is 5. The van der Waals surface area contributed by atoms with Crippen molar-refractivity contribution in [3.8, 4) is 5.75 Å². The number of nitrogens with zero attached hydrogens (tertiary/aromatic N) is 1. The summed E-state index contributed by atoms with van der Waals surface area (Å²) < 4.78 is 21.2. The average Bonchev–Trinajstić information content (AvgIpc) is 3.32. The number of carbonyl (C=O) groups is 5. The first-order valence-electron chi connectivity index (χ1n) is 9.52. The molecular weight excluding hydrogens is 410 g/mol. The fraction of sp³-hybridized carbons (Fsp3) is 0.381. The molecule has 4 rings (SSSR count). The van der Waals surface area contributed by atoms with Crippen LogP contribution in [0.15, 0.2) is 36.4 Å². The lowest BCUT2D eigenvalue weighted by atomic mass is 9.76. The van der Waals surface area contributed by atoms with E-state index >= 15 is 0 Å². The summed E-state index contributed by atoms with van der Waals surface area (Å²) in [5, 5.41) is 0. The highest BCUT2D eigenvalue weighted by molar-refractivity contribution is 6.23. The molecule has 2 saturated heterocycles. The molecule has 2 bridgehead atoms. The molecule has 0 radical (unpaired) electrons. The second kappa shape index (κ2) is 7.31. The van der Waals surface area contributed by atoms with Crippen LogP contribution in [0.1, 0.15) is 20.8 Å². The lowest BCUT2D eigenvalue weighted by molar-refractivity contribution is -0.226. The predicted molar refractivity (Wildman–Crippen MR) is 101 cm³/mol. The van der Waals surface area contributed by atoms with Crippen LogP contribution in [0, 0.1) is 11.8 Å². The molecule has 0 unspecified atom stereocenters. The van der Waals surface area contributed by atoms with Crippen LogP contribution in [0.2, 0.25) is 0 Å². The van der Waals surface area contributed by atoms with Gasteiger partial charge < -0.3 is 18.9 Å². The van der Waals surface area contributed by atoms with Crippen molar-refractivity contribution in [3.05, 3.63) is 36.4 Å². The molecule has 0 spiro atoms. The van der Waals surface area contributed by atoms with Gasteiger partial charge in [0.05, 0.1) is 23.6 Å². The van der Waals surface area contributed by atoms with Crippen LogP contribution >= 0.6 is 0 Å². The first-order chi connectivity index (χ1) is 14.6. The van der Waals surface area contributed by atoms with Crippen LogP contribution in [0.5, 0.6) is 5.75 Å². The van der Waals surface area contributed by atoms with Crippen molar-refractivity contribution in [1.29, 1.82) is 0 Å². The minimum absolute atomic E-state index is 0.266. The number of fused-ring (bicyclic) bond motifs is 5. The van der Waals surface area contributed by atoms with Crippen LogP contribution < -0.4 is 9.64 Å². The highest BCUT2D eigenvalue weighted by Crippen LogP contribution is 2.54. The minimum Gasteiger partial charge on any atom is -0.427 e. The maximum atomic E-state index is 13.4. The predicted octanol–water partition coefficient (Wildman–Crippen LogP) is 0.877. The van der Waals surface area contributed by atoms with Crippen molar-refractivity contribution >= 4 is 35.4 Å². The van der Waals surface area contributed by atoms with Crippen molar-refractivity contribution in [1.82, 2.24) is 0 Å². The van der Waals surface area contributed by atoms with Crippen molar-refractivity contribution in [3.63, 3.8) is 0 Å². The minimum atomic E-state index is -1.61. The van der Waals surface area contributed by atoms with Crippen LogP contribution in [-0.4, -0.2) is 47.7 Å². The molecule has 0 saturated carbocycles. The van der Waals surface area contributed by atoms with E-state index in [0.29, 0.717) is 0 Å². The van der Waals surface area contributed by atoms with Gasteiger partial charge in [-0.2, -0.15) is 0 Å². The van der Waals surface area contributed by atoms with Crippen LogP contribution in [-0.2, 0) is 38.2 Å². The van der Waals surface area contributed by atoms with Gasteiger partial charge in [0.25, 0.3) is 6.29 Å². The summed E-state index contributed by atoms with van der Waals surface area (Å²) in [7, 11) is 0. The van der Waals surface area contributed by atoms with Gasteiger partial charge in [-0.3, -0.25) is 24.0 Å². The van der Waals surface area contributed by atoms with Gasteiger partial charge in [-0.05, 0) is 30.3 Å². The third-order valence-corrected chi connectivity index (χ3v) is 5.35. The normalized spacial score (nSPS) is 28.1. The van der Waals surface area contributed by atoms with Gasteiger partial charge >= 0.3 is 17.9 Å². The Morgan fingerprint density at radius 3 is 2.13 bits per heavy atom. The largest absolute Gasteiger partial charge is 0.427 e. The molecule has 1 aromatic carbocycles. The summed E-state index contributed by atoms with van der Waals surface area (Å²) in [6.07, 6.45) is 0.843. The topological polar surface area (TPSA) is 126 Å². The van der Waals surface area contributed by atoms with Gasteiger partial charge in [0.15, 0.2) is 5.60 Å². The molecule has 0 N–H and O–H groups in total. The van der Waals surface area contributed by atoms with Crippen molar-refractivity contribution in [2.24, 2.45) is 11.8 Å². The maximum Gasteiger partial charge on any atom is 0.308 e. The van der Waals surface area contributed by atoms with Crippen LogP contribution in [0.25, 0.3) is 0 Å². The number of esters is 3. The fourth-order valence-electron chi connectivity index (χ4n) is 4.30. The Kier molecular flexibility index (Phi) is 4.89. The number of anilines is 1. The standard InChI is InChI=1S/C21H19NO9/c1-10(23)28-14-6-4-13(5-7-14)22-18(26)16-15-8-9-21(31-15,17(16)19(22)27)20(29-11(2)24)30-12(3)25/h4-9,15-17,20H,1-3H3/t15-,16+,17+,21-/m1/s1. The molecular formula is C21H19NO9. The number of ether oxygens (including phenoxy) is 4. The summed E-state index contributed by atoms with van der Waals surface area (Å²) >= 11 is 0. The summed E-state index contributed by atoms with van der Waals surface area (Å²) in [6.45, 7) is 3.52. The van der Waals surface area contributed by atoms with E-state index in [1.807, 2.05) is 0 Å². The zero-order valence-electron chi connectivity index (χ0n) is 16.9. The third-order valence-electron chi connectivity index (χ3n) is 5.35. The van der Waals surface area contributed by atoms with Crippen LogP contribution in [0.3, 0.4) is 0 Å². The number of hydrogen-bond donors (Lipinski definition) is 0. The molecule has 10 heteroatoms. The highest BCUT2D eigenvalue weighted by atomic mass is 16.7. The van der Waals surface area contributed by atoms with E-state index in [2.05, 4.69) is 0 Å². The molecule has 31 heavy (non-hydrogen) atoms. The number of amides is 2. The number of rotatable bonds is 5. The molecule has 3 aliphatic heterocycles. The van der Waals surface area contributed by atoms with E-state index in [1.54, 1.807) is 6.08 Å². The van der Waals surface area contributed by atoms with Crippen molar-refractivity contribution < 1.29 is 42.9 Å². The van der Waals surface area contributed by atoms with E-state index in [0.717, 1.165) is 18.7 Å². The van der Waals surface area contributed by atoms with E-state index in [-0.39, 0.29) is 11.4 Å². The lowest BCUT2D eigenvalue weighted by Crippen LogP contribution is -2.52. The Balaban J connectivity index is 1.68. The first kappa shape index (κ1) is 20.7. The monoisotopic (exact) mass is 429 g/mol. The highest BCUT2D eigenvalue weighted by Gasteiger charge is 2.72. The van der Waals surface area contributed by atoms with Gasteiger partial charge in [-0.15, -0.1) is 0 Å².